The summed E-state index contributed by atoms with van der Waals surface area (Å²) in [7, 11) is 1.41. The Bertz CT molecular complexity index is 471. The highest BCUT2D eigenvalue weighted by Crippen LogP contribution is 2.23. The van der Waals surface area contributed by atoms with Gasteiger partial charge in [-0.3, -0.25) is 0 Å². The Balaban J connectivity index is 3.07. The average molecular weight is 384 g/mol. The molecule has 0 saturated heterocycles. The monoisotopic (exact) mass is 383 g/mol. The van der Waals surface area contributed by atoms with Crippen molar-refractivity contribution in [2.45, 2.75) is 4.11 Å². The van der Waals surface area contributed by atoms with Gasteiger partial charge in [-0.2, -0.15) is 0 Å². The van der Waals surface area contributed by atoms with Crippen LogP contribution in [0.25, 0.3) is 0 Å². The van der Waals surface area contributed by atoms with Gasteiger partial charge in [0.1, 0.15) is 7.11 Å². The van der Waals surface area contributed by atoms with Gasteiger partial charge in [0.05, 0.1) is 10.6 Å². The first-order valence-electron chi connectivity index (χ1n) is 4.42. The Labute approximate surface area is 123 Å². The molecule has 0 amide bonds. The average Bonchev–Trinajstić information content (AvgIpc) is 2.28. The van der Waals surface area contributed by atoms with Crippen LogP contribution in [-0.4, -0.2) is 17.1 Å². The highest BCUT2D eigenvalue weighted by molar-refractivity contribution is 14.1. The third-order valence-corrected chi connectivity index (χ3v) is 2.84. The molecule has 3 nitrogen and oxygen atoms in total. The topological polar surface area (TPSA) is 30.8 Å². The number of nitrogens with zero attached hydrogens (tertiary/aromatic N) is 1. The van der Waals surface area contributed by atoms with Crippen molar-refractivity contribution in [3.63, 3.8) is 0 Å². The Hall–Kier alpha value is -0.640. The summed E-state index contributed by atoms with van der Waals surface area (Å²) in [4.78, 5) is 4.69. The van der Waals surface area contributed by atoms with Crippen LogP contribution < -0.4 is 0 Å². The number of oxime groups is 1. The van der Waals surface area contributed by atoms with Gasteiger partial charge in [0.2, 0.25) is 4.11 Å². The second-order valence-corrected chi connectivity index (χ2v) is 4.78. The molecule has 0 bridgehead atoms. The fourth-order valence-corrected chi connectivity index (χ4v) is 1.74. The quantitative estimate of drug-likeness (QED) is 0.199. The minimum absolute atomic E-state index is 0.214. The summed E-state index contributed by atoms with van der Waals surface area (Å²) in [5.41, 5.74) is 0.565. The fraction of sp³-hybridized carbons (Fsp3) is 0.182. The van der Waals surface area contributed by atoms with Crippen LogP contribution in [0.3, 0.4) is 0 Å². The number of ether oxygens (including phenoxy) is 1. The van der Waals surface area contributed by atoms with Crippen molar-refractivity contribution in [3.8, 4) is 12.3 Å². The second-order valence-electron chi connectivity index (χ2n) is 2.80. The zero-order valence-corrected chi connectivity index (χ0v) is 12.5. The van der Waals surface area contributed by atoms with E-state index in [0.717, 1.165) is 0 Å². The van der Waals surface area contributed by atoms with Gasteiger partial charge < -0.3 is 9.57 Å². The molecule has 0 fully saturated rings. The van der Waals surface area contributed by atoms with E-state index in [4.69, 9.17) is 34.4 Å². The third kappa shape index (κ3) is 4.26. The standard InChI is InChI=1S/C11H8Cl2INO2/c1-3-10(14)17-11(15-16-2)8-5-4-7(12)6-9(8)13/h1,4-6,10H,2H3. The van der Waals surface area contributed by atoms with E-state index in [0.29, 0.717) is 15.6 Å². The van der Waals surface area contributed by atoms with E-state index < -0.39 is 4.11 Å². The SMILES string of the molecule is C#CC(I)OC(=NOC)c1ccc(Cl)cc1Cl. The van der Waals surface area contributed by atoms with E-state index in [1.165, 1.54) is 7.11 Å². The first-order chi connectivity index (χ1) is 8.08. The lowest BCUT2D eigenvalue weighted by Gasteiger charge is -2.11. The molecule has 1 atom stereocenters. The number of hydrogen-bond donors (Lipinski definition) is 0. The molecule has 1 rings (SSSR count). The molecular weight excluding hydrogens is 376 g/mol. The van der Waals surface area contributed by atoms with Crippen LogP contribution in [0.1, 0.15) is 5.56 Å². The highest BCUT2D eigenvalue weighted by Gasteiger charge is 2.14. The summed E-state index contributed by atoms with van der Waals surface area (Å²) < 4.78 is 4.93. The van der Waals surface area contributed by atoms with Crippen molar-refractivity contribution in [2.75, 3.05) is 7.11 Å². The zero-order chi connectivity index (χ0) is 12.8. The normalized spacial score (nSPS) is 12.8. The molecule has 0 aromatic heterocycles. The molecule has 0 aliphatic carbocycles. The van der Waals surface area contributed by atoms with E-state index in [1.54, 1.807) is 18.2 Å². The summed E-state index contributed by atoms with van der Waals surface area (Å²) >= 11 is 13.8. The largest absolute Gasteiger partial charge is 0.449 e. The van der Waals surface area contributed by atoms with E-state index in [1.807, 2.05) is 22.6 Å². The minimum atomic E-state index is -0.465. The van der Waals surface area contributed by atoms with Gasteiger partial charge in [-0.25, -0.2) is 0 Å². The number of benzene rings is 1. The summed E-state index contributed by atoms with van der Waals surface area (Å²) in [5.74, 6) is 2.63. The summed E-state index contributed by atoms with van der Waals surface area (Å²) in [5, 5.41) is 4.68. The van der Waals surface area contributed by atoms with Gasteiger partial charge in [-0.15, -0.1) is 6.42 Å². The number of halogens is 3. The molecule has 1 aromatic rings. The molecule has 6 heteroatoms. The van der Waals surface area contributed by atoms with Crippen molar-refractivity contribution in [2.24, 2.45) is 5.16 Å². The molecule has 17 heavy (non-hydrogen) atoms. The van der Waals surface area contributed by atoms with Gasteiger partial charge in [0, 0.05) is 5.02 Å². The Morgan fingerprint density at radius 1 is 1.53 bits per heavy atom. The van der Waals surface area contributed by atoms with Crippen molar-refractivity contribution in [1.82, 2.24) is 0 Å². The number of hydrogen-bond acceptors (Lipinski definition) is 3. The third-order valence-electron chi connectivity index (χ3n) is 1.68. The lowest BCUT2D eigenvalue weighted by atomic mass is 10.2. The summed E-state index contributed by atoms with van der Waals surface area (Å²) in [6, 6.07) is 4.95. The minimum Gasteiger partial charge on any atom is -0.449 e. The molecule has 0 aliphatic heterocycles. The van der Waals surface area contributed by atoms with E-state index in [-0.39, 0.29) is 5.90 Å². The predicted octanol–water partition coefficient (Wildman–Crippen LogP) is 3.71. The summed E-state index contributed by atoms with van der Waals surface area (Å²) in [6.45, 7) is 0. The molecule has 1 aromatic carbocycles. The zero-order valence-electron chi connectivity index (χ0n) is 8.78. The molecule has 0 radical (unpaired) electrons. The van der Waals surface area contributed by atoms with Crippen molar-refractivity contribution >= 4 is 51.7 Å². The van der Waals surface area contributed by atoms with Crippen LogP contribution in [-0.2, 0) is 9.57 Å². The van der Waals surface area contributed by atoms with Crippen molar-refractivity contribution in [3.05, 3.63) is 33.8 Å². The molecule has 0 spiro atoms. The maximum atomic E-state index is 6.03. The smallest absolute Gasteiger partial charge is 0.261 e. The molecule has 0 N–H and O–H groups in total. The lowest BCUT2D eigenvalue weighted by molar-refractivity contribution is 0.195. The van der Waals surface area contributed by atoms with Gasteiger partial charge in [0.25, 0.3) is 5.90 Å². The van der Waals surface area contributed by atoms with Crippen LogP contribution in [0.4, 0.5) is 0 Å². The van der Waals surface area contributed by atoms with Crippen LogP contribution in [0.2, 0.25) is 10.0 Å². The first-order valence-corrected chi connectivity index (χ1v) is 6.42. The number of rotatable bonds is 3. The number of terminal acetylenes is 1. The fourth-order valence-electron chi connectivity index (χ4n) is 1.01. The van der Waals surface area contributed by atoms with Gasteiger partial charge in [-0.05, 0) is 45.9 Å². The van der Waals surface area contributed by atoms with Crippen molar-refractivity contribution < 1.29 is 9.57 Å². The van der Waals surface area contributed by atoms with E-state index >= 15 is 0 Å². The van der Waals surface area contributed by atoms with Crippen LogP contribution in [0.5, 0.6) is 0 Å². The maximum absolute atomic E-state index is 6.03. The molecule has 0 aliphatic rings. The highest BCUT2D eigenvalue weighted by atomic mass is 127. The molecule has 0 heterocycles. The predicted molar refractivity (Wildman–Crippen MR) is 77.7 cm³/mol. The van der Waals surface area contributed by atoms with Crippen LogP contribution >= 0.6 is 45.8 Å². The van der Waals surface area contributed by atoms with E-state index in [2.05, 4.69) is 15.9 Å². The van der Waals surface area contributed by atoms with Gasteiger partial charge in [-0.1, -0.05) is 29.1 Å². The number of alkyl halides is 1. The summed E-state index contributed by atoms with van der Waals surface area (Å²) in [6.07, 6.45) is 5.22. The second kappa shape index (κ2) is 6.94. The van der Waals surface area contributed by atoms with Crippen molar-refractivity contribution in [1.29, 1.82) is 0 Å². The van der Waals surface area contributed by atoms with E-state index in [9.17, 15) is 0 Å². The Morgan fingerprint density at radius 3 is 2.76 bits per heavy atom. The van der Waals surface area contributed by atoms with Gasteiger partial charge >= 0.3 is 0 Å². The maximum Gasteiger partial charge on any atom is 0.261 e. The molecule has 1 unspecified atom stereocenters. The van der Waals surface area contributed by atoms with Gasteiger partial charge in [0.15, 0.2) is 0 Å². The first kappa shape index (κ1) is 14.4. The Kier molecular flexibility index (Phi) is 5.89. The van der Waals surface area contributed by atoms with Crippen LogP contribution in [0, 0.1) is 12.3 Å². The molecule has 0 saturated carbocycles. The Morgan fingerprint density at radius 2 is 2.24 bits per heavy atom. The molecule has 90 valence electrons. The van der Waals surface area contributed by atoms with Crippen LogP contribution in [0.15, 0.2) is 23.4 Å². The molecular formula is C11H8Cl2INO2. The lowest BCUT2D eigenvalue weighted by Crippen LogP contribution is -2.13.